The molecule has 127 valence electrons. The maximum atomic E-state index is 5.09. The minimum atomic E-state index is 0. The molecule has 0 amide bonds. The SMILES string of the molecule is CN(C)/C([S-])=N/N=C/C(=N/N=C(\[S-])N(C)C)c1ccccc1.[Cu+2]. The molecule has 0 aromatic heterocycles. The van der Waals surface area contributed by atoms with Crippen molar-refractivity contribution in [2.75, 3.05) is 28.2 Å². The van der Waals surface area contributed by atoms with Gasteiger partial charge in [-0.3, -0.25) is 0 Å². The number of benzene rings is 1. The standard InChI is InChI=1S/C14H20N6S2.Cu/c1-19(2)13(21)17-15-10-12(11-8-6-5-7-9-11)16-18-14(22)20(3)4;/h5-10H,1-4H3,(H,17,21)(H,18,22);/q;+2/p-2/b15-10+,16-12-;. The average Bonchev–Trinajstić information content (AvgIpc) is 2.50. The maximum Gasteiger partial charge on any atom is 2.00 e. The van der Waals surface area contributed by atoms with Gasteiger partial charge in [0.15, 0.2) is 0 Å². The number of rotatable bonds is 4. The molecule has 0 bridgehead atoms. The Hall–Kier alpha value is -1.54. The first-order chi connectivity index (χ1) is 10.4. The maximum absolute atomic E-state index is 5.09. The Kier molecular flexibility index (Phi) is 10.3. The van der Waals surface area contributed by atoms with Crippen LogP contribution in [0.1, 0.15) is 5.56 Å². The number of nitrogens with zero attached hydrogens (tertiary/aromatic N) is 6. The molecule has 0 saturated carbocycles. The smallest absolute Gasteiger partial charge is 0.741 e. The zero-order chi connectivity index (χ0) is 16.5. The Bertz CT molecular complexity index is 597. The molecular formula is C14H18CuN6S2. The predicted molar refractivity (Wildman–Crippen MR) is 98.4 cm³/mol. The second-order valence-electron chi connectivity index (χ2n) is 4.65. The van der Waals surface area contributed by atoms with Crippen LogP contribution in [0, 0.1) is 0 Å². The van der Waals surface area contributed by atoms with Crippen molar-refractivity contribution in [1.82, 2.24) is 9.80 Å². The van der Waals surface area contributed by atoms with Gasteiger partial charge in [0.2, 0.25) is 0 Å². The molecule has 23 heavy (non-hydrogen) atoms. The van der Waals surface area contributed by atoms with Gasteiger partial charge in [0.25, 0.3) is 0 Å². The molecule has 6 nitrogen and oxygen atoms in total. The van der Waals surface area contributed by atoms with Gasteiger partial charge in [0.1, 0.15) is 5.71 Å². The van der Waals surface area contributed by atoms with Crippen LogP contribution in [-0.4, -0.2) is 60.3 Å². The first-order valence-corrected chi connectivity index (χ1v) is 7.24. The molecule has 1 aromatic rings. The average molecular weight is 398 g/mol. The van der Waals surface area contributed by atoms with Crippen LogP contribution in [0.5, 0.6) is 0 Å². The summed E-state index contributed by atoms with van der Waals surface area (Å²) in [6, 6.07) is 9.55. The molecule has 0 aliphatic rings. The van der Waals surface area contributed by atoms with Gasteiger partial charge in [-0.2, -0.15) is 15.3 Å². The van der Waals surface area contributed by atoms with Gasteiger partial charge < -0.3 is 35.1 Å². The molecule has 1 aromatic carbocycles. The molecule has 0 unspecified atom stereocenters. The summed E-state index contributed by atoms with van der Waals surface area (Å²) in [6.45, 7) is 0. The Balaban J connectivity index is 0.00000484. The first kappa shape index (κ1) is 21.5. The van der Waals surface area contributed by atoms with Crippen LogP contribution < -0.4 is 0 Å². The van der Waals surface area contributed by atoms with Crippen molar-refractivity contribution in [3.63, 3.8) is 0 Å². The summed E-state index contributed by atoms with van der Waals surface area (Å²) in [5.74, 6) is 0. The van der Waals surface area contributed by atoms with E-state index in [0.717, 1.165) is 5.56 Å². The van der Waals surface area contributed by atoms with Crippen LogP contribution in [0.2, 0.25) is 0 Å². The van der Waals surface area contributed by atoms with E-state index in [4.69, 9.17) is 25.3 Å². The zero-order valence-corrected chi connectivity index (χ0v) is 15.8. The minimum absolute atomic E-state index is 0. The van der Waals surface area contributed by atoms with Crippen LogP contribution >= 0.6 is 0 Å². The van der Waals surface area contributed by atoms with E-state index in [2.05, 4.69) is 20.4 Å². The fraction of sp³-hybridized carbons (Fsp3) is 0.286. The van der Waals surface area contributed by atoms with Gasteiger partial charge in [-0.25, -0.2) is 0 Å². The molecule has 0 saturated heterocycles. The van der Waals surface area contributed by atoms with Gasteiger partial charge in [0.05, 0.1) is 6.21 Å². The van der Waals surface area contributed by atoms with E-state index in [1.807, 2.05) is 44.4 Å². The summed E-state index contributed by atoms with van der Waals surface area (Å²) in [6.07, 6.45) is 1.51. The van der Waals surface area contributed by atoms with E-state index >= 15 is 0 Å². The van der Waals surface area contributed by atoms with Gasteiger partial charge >= 0.3 is 17.1 Å². The van der Waals surface area contributed by atoms with Crippen LogP contribution in [0.4, 0.5) is 0 Å². The molecular weight excluding hydrogens is 380 g/mol. The monoisotopic (exact) mass is 397 g/mol. The Labute approximate surface area is 158 Å². The third-order valence-corrected chi connectivity index (χ3v) is 3.29. The Morgan fingerprint density at radius 3 is 1.91 bits per heavy atom. The molecule has 1 rings (SSSR count). The van der Waals surface area contributed by atoms with Crippen molar-refractivity contribution in [2.45, 2.75) is 0 Å². The summed E-state index contributed by atoms with van der Waals surface area (Å²) < 4.78 is 0. The van der Waals surface area contributed by atoms with E-state index in [1.54, 1.807) is 23.9 Å². The van der Waals surface area contributed by atoms with E-state index in [1.165, 1.54) is 6.21 Å². The predicted octanol–water partition coefficient (Wildman–Crippen LogP) is 1.30. The minimum Gasteiger partial charge on any atom is -0.741 e. The topological polar surface area (TPSA) is 55.9 Å². The van der Waals surface area contributed by atoms with Crippen molar-refractivity contribution in [1.29, 1.82) is 0 Å². The fourth-order valence-electron chi connectivity index (χ4n) is 1.18. The van der Waals surface area contributed by atoms with Crippen molar-refractivity contribution < 1.29 is 17.1 Å². The Morgan fingerprint density at radius 1 is 0.870 bits per heavy atom. The molecule has 0 spiro atoms. The summed E-state index contributed by atoms with van der Waals surface area (Å²) in [5.41, 5.74) is 1.41. The molecule has 0 aliphatic heterocycles. The summed E-state index contributed by atoms with van der Waals surface area (Å²) in [5, 5.41) is 16.8. The zero-order valence-electron chi connectivity index (χ0n) is 13.3. The second kappa shape index (κ2) is 11.1. The second-order valence-corrected chi connectivity index (χ2v) is 5.38. The number of hydrogen-bond acceptors (Lipinski definition) is 6. The third kappa shape index (κ3) is 8.03. The van der Waals surface area contributed by atoms with E-state index < -0.39 is 0 Å². The van der Waals surface area contributed by atoms with Crippen molar-refractivity contribution in [2.24, 2.45) is 20.4 Å². The molecule has 0 aliphatic carbocycles. The van der Waals surface area contributed by atoms with Crippen LogP contribution in [0.15, 0.2) is 50.7 Å². The molecule has 9 heteroatoms. The van der Waals surface area contributed by atoms with Crippen LogP contribution in [0.3, 0.4) is 0 Å². The Morgan fingerprint density at radius 2 is 1.39 bits per heavy atom. The molecule has 0 atom stereocenters. The van der Waals surface area contributed by atoms with Crippen molar-refractivity contribution in [3.8, 4) is 0 Å². The van der Waals surface area contributed by atoms with Gasteiger partial charge in [-0.1, -0.05) is 30.3 Å². The van der Waals surface area contributed by atoms with Crippen LogP contribution in [0.25, 0.3) is 0 Å². The summed E-state index contributed by atoms with van der Waals surface area (Å²) >= 11 is 10.1. The third-order valence-electron chi connectivity index (χ3n) is 2.40. The quantitative estimate of drug-likeness (QED) is 0.253. The number of hydrogen-bond donors (Lipinski definition) is 0. The molecule has 0 N–H and O–H groups in total. The molecule has 1 radical (unpaired) electrons. The van der Waals surface area contributed by atoms with E-state index in [0.29, 0.717) is 16.0 Å². The van der Waals surface area contributed by atoms with E-state index in [-0.39, 0.29) is 17.1 Å². The summed E-state index contributed by atoms with van der Waals surface area (Å²) in [7, 11) is 7.22. The molecule has 0 heterocycles. The normalized spacial score (nSPS) is 13.0. The van der Waals surface area contributed by atoms with Crippen molar-refractivity contribution >= 4 is 47.5 Å². The van der Waals surface area contributed by atoms with Gasteiger partial charge in [-0.15, -0.1) is 5.10 Å². The van der Waals surface area contributed by atoms with Crippen molar-refractivity contribution in [3.05, 3.63) is 35.9 Å². The number of amidine groups is 2. The van der Waals surface area contributed by atoms with Gasteiger partial charge in [-0.05, 0) is 0 Å². The largest absolute Gasteiger partial charge is 2.00 e. The van der Waals surface area contributed by atoms with E-state index in [9.17, 15) is 0 Å². The fourth-order valence-corrected chi connectivity index (χ4v) is 1.26. The van der Waals surface area contributed by atoms with Gasteiger partial charge in [0, 0.05) is 44.1 Å². The first-order valence-electron chi connectivity index (χ1n) is 6.42. The summed E-state index contributed by atoms with van der Waals surface area (Å²) in [4.78, 5) is 3.39. The molecule has 0 fully saturated rings. The van der Waals surface area contributed by atoms with Crippen LogP contribution in [-0.2, 0) is 42.3 Å².